The van der Waals surface area contributed by atoms with E-state index in [9.17, 15) is 0 Å². The molecule has 4 heteroatoms. The zero-order valence-electron chi connectivity index (χ0n) is 11.4. The molecule has 1 saturated heterocycles. The van der Waals surface area contributed by atoms with Gasteiger partial charge in [0.25, 0.3) is 0 Å². The molecule has 1 aromatic heterocycles. The summed E-state index contributed by atoms with van der Waals surface area (Å²) in [7, 11) is 0. The first kappa shape index (κ1) is 13.8. The van der Waals surface area contributed by atoms with Crippen LogP contribution in [-0.2, 0) is 0 Å². The van der Waals surface area contributed by atoms with Crippen LogP contribution in [-0.4, -0.2) is 24.7 Å². The average Bonchev–Trinajstić information content (AvgIpc) is 2.49. The first-order chi connectivity index (χ1) is 9.84. The van der Waals surface area contributed by atoms with Gasteiger partial charge in [-0.3, -0.25) is 0 Å². The van der Waals surface area contributed by atoms with Crippen molar-refractivity contribution in [3.63, 3.8) is 0 Å². The smallest absolute Gasteiger partial charge is 0.221 e. The fourth-order valence-electron chi connectivity index (χ4n) is 2.75. The summed E-state index contributed by atoms with van der Waals surface area (Å²) in [6.07, 6.45) is 5.50. The molecule has 3 rings (SSSR count). The normalized spacial score (nSPS) is 19.1. The lowest BCUT2D eigenvalue weighted by Gasteiger charge is -2.22. The van der Waals surface area contributed by atoms with Crippen LogP contribution in [0.2, 0.25) is 0 Å². The number of hydrogen-bond acceptors (Lipinski definition) is 3. The van der Waals surface area contributed by atoms with Gasteiger partial charge in [0.1, 0.15) is 0 Å². The van der Waals surface area contributed by atoms with Crippen LogP contribution in [0.3, 0.4) is 0 Å². The molecule has 2 aromatic rings. The minimum absolute atomic E-state index is 0.741. The van der Waals surface area contributed by atoms with Crippen LogP contribution in [0, 0.1) is 5.92 Å². The molecule has 106 valence electrons. The SMILES string of the molecule is Brc1cccc2c(OCCC3CCCNC3)nccc12. The molecule has 3 nitrogen and oxygen atoms in total. The number of fused-ring (bicyclic) bond motifs is 1. The first-order valence-electron chi connectivity index (χ1n) is 7.21. The molecule has 0 saturated carbocycles. The molecule has 1 aliphatic heterocycles. The number of hydrogen-bond donors (Lipinski definition) is 1. The van der Waals surface area contributed by atoms with Gasteiger partial charge in [-0.25, -0.2) is 4.98 Å². The monoisotopic (exact) mass is 334 g/mol. The highest BCUT2D eigenvalue weighted by Crippen LogP contribution is 2.29. The highest BCUT2D eigenvalue weighted by atomic mass is 79.9. The van der Waals surface area contributed by atoms with Crippen molar-refractivity contribution >= 4 is 26.7 Å². The number of halogens is 1. The summed E-state index contributed by atoms with van der Waals surface area (Å²) in [4.78, 5) is 4.37. The fourth-order valence-corrected chi connectivity index (χ4v) is 3.25. The van der Waals surface area contributed by atoms with E-state index in [0.717, 1.165) is 53.2 Å². The van der Waals surface area contributed by atoms with Crippen LogP contribution in [0.1, 0.15) is 19.3 Å². The molecular formula is C16H19BrN2O. The number of aromatic nitrogens is 1. The standard InChI is InChI=1S/C16H19BrN2O/c17-15-5-1-4-14-13(15)6-9-19-16(14)20-10-7-12-3-2-8-18-11-12/h1,4-6,9,12,18H,2-3,7-8,10-11H2. The summed E-state index contributed by atoms with van der Waals surface area (Å²) in [6, 6.07) is 8.13. The average molecular weight is 335 g/mol. The maximum absolute atomic E-state index is 5.92. The van der Waals surface area contributed by atoms with E-state index < -0.39 is 0 Å². The molecule has 1 aliphatic rings. The molecule has 0 amide bonds. The van der Waals surface area contributed by atoms with Crippen LogP contribution in [0.5, 0.6) is 5.88 Å². The molecule has 1 unspecified atom stereocenters. The van der Waals surface area contributed by atoms with Gasteiger partial charge in [-0.2, -0.15) is 0 Å². The van der Waals surface area contributed by atoms with Crippen molar-refractivity contribution in [3.8, 4) is 5.88 Å². The van der Waals surface area contributed by atoms with E-state index >= 15 is 0 Å². The lowest BCUT2D eigenvalue weighted by atomic mass is 9.97. The third-order valence-corrected chi connectivity index (χ3v) is 4.57. The number of benzene rings is 1. The third-order valence-electron chi connectivity index (χ3n) is 3.88. The van der Waals surface area contributed by atoms with Crippen molar-refractivity contribution in [1.82, 2.24) is 10.3 Å². The molecule has 20 heavy (non-hydrogen) atoms. The van der Waals surface area contributed by atoms with Gasteiger partial charge in [0.2, 0.25) is 5.88 Å². The molecule has 1 atom stereocenters. The van der Waals surface area contributed by atoms with Gasteiger partial charge in [-0.1, -0.05) is 22.0 Å². The van der Waals surface area contributed by atoms with Gasteiger partial charge in [0, 0.05) is 21.4 Å². The van der Waals surface area contributed by atoms with E-state index in [1.54, 1.807) is 0 Å². The second kappa shape index (κ2) is 6.55. The summed E-state index contributed by atoms with van der Waals surface area (Å²) in [5.41, 5.74) is 0. The number of ether oxygens (including phenoxy) is 1. The Kier molecular flexibility index (Phi) is 4.53. The minimum atomic E-state index is 0.741. The fraction of sp³-hybridized carbons (Fsp3) is 0.438. The van der Waals surface area contributed by atoms with Gasteiger partial charge >= 0.3 is 0 Å². The lowest BCUT2D eigenvalue weighted by Crippen LogP contribution is -2.30. The predicted octanol–water partition coefficient (Wildman–Crippen LogP) is 3.77. The Bertz CT molecular complexity index is 582. The molecule has 1 aromatic carbocycles. The summed E-state index contributed by atoms with van der Waals surface area (Å²) in [6.45, 7) is 3.03. The van der Waals surface area contributed by atoms with Gasteiger partial charge in [-0.15, -0.1) is 0 Å². The van der Waals surface area contributed by atoms with E-state index in [1.165, 1.54) is 12.8 Å². The molecule has 0 radical (unpaired) electrons. The predicted molar refractivity (Wildman–Crippen MR) is 85.1 cm³/mol. The van der Waals surface area contributed by atoms with Crippen molar-refractivity contribution in [2.75, 3.05) is 19.7 Å². The quantitative estimate of drug-likeness (QED) is 0.924. The van der Waals surface area contributed by atoms with Crippen LogP contribution < -0.4 is 10.1 Å². The van der Waals surface area contributed by atoms with E-state index in [0.29, 0.717) is 0 Å². The Morgan fingerprint density at radius 2 is 2.25 bits per heavy atom. The largest absolute Gasteiger partial charge is 0.477 e. The second-order valence-corrected chi connectivity index (χ2v) is 6.15. The van der Waals surface area contributed by atoms with Crippen molar-refractivity contribution in [2.24, 2.45) is 5.92 Å². The zero-order chi connectivity index (χ0) is 13.8. The number of piperidine rings is 1. The Balaban J connectivity index is 1.66. The molecule has 0 aliphatic carbocycles. The molecule has 1 fully saturated rings. The second-order valence-electron chi connectivity index (χ2n) is 5.30. The highest BCUT2D eigenvalue weighted by Gasteiger charge is 2.13. The topological polar surface area (TPSA) is 34.1 Å². The van der Waals surface area contributed by atoms with Gasteiger partial charge in [0.15, 0.2) is 0 Å². The molecule has 1 N–H and O–H groups in total. The molecule has 0 bridgehead atoms. The van der Waals surface area contributed by atoms with Crippen LogP contribution in [0.25, 0.3) is 10.8 Å². The van der Waals surface area contributed by atoms with Crippen LogP contribution >= 0.6 is 15.9 Å². The van der Waals surface area contributed by atoms with Crippen molar-refractivity contribution in [2.45, 2.75) is 19.3 Å². The van der Waals surface area contributed by atoms with E-state index in [1.807, 2.05) is 24.4 Å². The van der Waals surface area contributed by atoms with E-state index in [4.69, 9.17) is 4.74 Å². The van der Waals surface area contributed by atoms with Crippen molar-refractivity contribution < 1.29 is 4.74 Å². The number of nitrogens with one attached hydrogen (secondary N) is 1. The zero-order valence-corrected chi connectivity index (χ0v) is 13.0. The summed E-state index contributed by atoms with van der Waals surface area (Å²) < 4.78 is 7.00. The molecule has 0 spiro atoms. The maximum Gasteiger partial charge on any atom is 0.221 e. The minimum Gasteiger partial charge on any atom is -0.477 e. The Labute approximate surface area is 127 Å². The van der Waals surface area contributed by atoms with Gasteiger partial charge in [-0.05, 0) is 56.5 Å². The van der Waals surface area contributed by atoms with E-state index in [-0.39, 0.29) is 0 Å². The number of pyridine rings is 1. The van der Waals surface area contributed by atoms with Gasteiger partial charge < -0.3 is 10.1 Å². The van der Waals surface area contributed by atoms with Crippen molar-refractivity contribution in [1.29, 1.82) is 0 Å². The number of rotatable bonds is 4. The lowest BCUT2D eigenvalue weighted by molar-refractivity contribution is 0.250. The van der Waals surface area contributed by atoms with Gasteiger partial charge in [0.05, 0.1) is 6.61 Å². The van der Waals surface area contributed by atoms with Crippen LogP contribution in [0.4, 0.5) is 0 Å². The number of nitrogens with zero attached hydrogens (tertiary/aromatic N) is 1. The summed E-state index contributed by atoms with van der Waals surface area (Å²) in [5.74, 6) is 1.48. The molecular weight excluding hydrogens is 316 g/mol. The third kappa shape index (κ3) is 3.13. The van der Waals surface area contributed by atoms with E-state index in [2.05, 4.69) is 32.3 Å². The Morgan fingerprint density at radius 3 is 3.10 bits per heavy atom. The maximum atomic E-state index is 5.92. The first-order valence-corrected chi connectivity index (χ1v) is 8.00. The van der Waals surface area contributed by atoms with Crippen LogP contribution in [0.15, 0.2) is 34.9 Å². The summed E-state index contributed by atoms with van der Waals surface area (Å²) in [5, 5.41) is 5.67. The highest BCUT2D eigenvalue weighted by molar-refractivity contribution is 9.10. The summed E-state index contributed by atoms with van der Waals surface area (Å²) >= 11 is 3.57. The van der Waals surface area contributed by atoms with Crippen molar-refractivity contribution in [3.05, 3.63) is 34.9 Å². The Hall–Kier alpha value is -1.13. The Morgan fingerprint density at radius 1 is 1.30 bits per heavy atom. The molecule has 2 heterocycles.